The molecular weight excluding hydrogens is 412 g/mol. The Balaban J connectivity index is 2.31. The minimum absolute atomic E-state index is 0.240. The Hall–Kier alpha value is -2.55. The van der Waals surface area contributed by atoms with Crippen LogP contribution in [0, 0.1) is 11.3 Å². The number of benzene rings is 1. The molecule has 0 aliphatic carbocycles. The summed E-state index contributed by atoms with van der Waals surface area (Å²) in [4.78, 5) is 7.67. The third-order valence-corrected chi connectivity index (χ3v) is 7.18. The van der Waals surface area contributed by atoms with Crippen LogP contribution in [0.3, 0.4) is 0 Å². The van der Waals surface area contributed by atoms with E-state index in [4.69, 9.17) is 11.0 Å². The Labute approximate surface area is 198 Å². The van der Waals surface area contributed by atoms with Crippen LogP contribution < -0.4 is 5.73 Å². The molecule has 4 nitrogen and oxygen atoms in total. The van der Waals surface area contributed by atoms with Crippen molar-refractivity contribution in [3.05, 3.63) is 76.5 Å². The maximum atomic E-state index is 9.17. The average molecular weight is 449 g/mol. The van der Waals surface area contributed by atoms with Crippen molar-refractivity contribution in [3.63, 3.8) is 0 Å². The number of allylic oxidation sites excluding steroid dienone is 3. The molecule has 2 atom stereocenters. The summed E-state index contributed by atoms with van der Waals surface area (Å²) in [7, 11) is 3.87. The maximum Gasteiger partial charge on any atom is 0.120 e. The van der Waals surface area contributed by atoms with Crippen LogP contribution in [-0.2, 0) is 0 Å². The molecule has 0 spiro atoms. The molecule has 1 aliphatic heterocycles. The number of nitriles is 1. The van der Waals surface area contributed by atoms with Gasteiger partial charge in [0.15, 0.2) is 0 Å². The van der Waals surface area contributed by atoms with Gasteiger partial charge >= 0.3 is 0 Å². The monoisotopic (exact) mass is 448 g/mol. The molecule has 0 fully saturated rings. The second kappa shape index (κ2) is 12.5. The fourth-order valence-electron chi connectivity index (χ4n) is 3.57. The van der Waals surface area contributed by atoms with Gasteiger partial charge in [-0.25, -0.2) is 4.99 Å². The first-order chi connectivity index (χ1) is 15.3. The maximum absolute atomic E-state index is 9.17. The van der Waals surface area contributed by atoms with E-state index in [9.17, 15) is 0 Å². The first kappa shape index (κ1) is 25.7. The van der Waals surface area contributed by atoms with E-state index in [0.29, 0.717) is 16.6 Å². The van der Waals surface area contributed by atoms with Crippen molar-refractivity contribution in [2.75, 3.05) is 14.1 Å². The zero-order valence-corrected chi connectivity index (χ0v) is 20.7. The summed E-state index contributed by atoms with van der Waals surface area (Å²) in [6.45, 7) is 12.6. The molecule has 2 unspecified atom stereocenters. The molecular formula is C27H36N4S. The molecule has 0 saturated carbocycles. The molecule has 0 aromatic heterocycles. The number of rotatable bonds is 11. The van der Waals surface area contributed by atoms with E-state index in [1.807, 2.05) is 68.2 Å². The molecule has 1 aromatic carbocycles. The number of aliphatic imine (C=N–C) groups is 1. The quantitative estimate of drug-likeness (QED) is 0.319. The predicted octanol–water partition coefficient (Wildman–Crippen LogP) is 6.29. The molecule has 2 N–H and O–H groups in total. The van der Waals surface area contributed by atoms with Gasteiger partial charge in [0.2, 0.25) is 0 Å². The van der Waals surface area contributed by atoms with Crippen LogP contribution in [0.5, 0.6) is 0 Å². The third kappa shape index (κ3) is 6.98. The van der Waals surface area contributed by atoms with Crippen molar-refractivity contribution in [1.29, 1.82) is 5.26 Å². The summed E-state index contributed by atoms with van der Waals surface area (Å²) >= 11 is 1.86. The predicted molar refractivity (Wildman–Crippen MR) is 140 cm³/mol. The zero-order chi connectivity index (χ0) is 23.7. The van der Waals surface area contributed by atoms with Gasteiger partial charge in [-0.05, 0) is 55.9 Å². The van der Waals surface area contributed by atoms with Gasteiger partial charge in [-0.1, -0.05) is 50.3 Å². The number of nitrogens with zero attached hydrogens (tertiary/aromatic N) is 3. The van der Waals surface area contributed by atoms with Crippen molar-refractivity contribution < 1.29 is 0 Å². The standard InChI is InChI=1S/C27H36N4S/c1-7-9-24(29)15-10-19(3)26-16-25(23-13-11-21(17-28)12-14-23)27(32-26)22(8-2)18-30-20(4)31(5)6/h8,11-14,18,24,26H,3-4,7,9-10,15-16,29H2,1-2,5-6H3/b22-8+,30-18-. The highest BCUT2D eigenvalue weighted by Gasteiger charge is 2.29. The average Bonchev–Trinajstić information content (AvgIpc) is 3.23. The molecule has 170 valence electrons. The number of hydrogen-bond donors (Lipinski definition) is 1. The van der Waals surface area contributed by atoms with E-state index >= 15 is 0 Å². The Morgan fingerprint density at radius 1 is 1.31 bits per heavy atom. The third-order valence-electron chi connectivity index (χ3n) is 5.68. The second-order valence-electron chi connectivity index (χ2n) is 8.37. The molecule has 0 saturated heterocycles. The summed E-state index contributed by atoms with van der Waals surface area (Å²) in [5.41, 5.74) is 11.7. The van der Waals surface area contributed by atoms with Crippen LogP contribution in [0.4, 0.5) is 0 Å². The van der Waals surface area contributed by atoms with Gasteiger partial charge in [0.05, 0.1) is 11.6 Å². The van der Waals surface area contributed by atoms with Gasteiger partial charge in [0.1, 0.15) is 5.82 Å². The largest absolute Gasteiger partial charge is 0.363 e. The fourth-order valence-corrected chi connectivity index (χ4v) is 5.04. The zero-order valence-electron chi connectivity index (χ0n) is 19.9. The van der Waals surface area contributed by atoms with Crippen LogP contribution in [0.15, 0.2) is 70.4 Å². The van der Waals surface area contributed by atoms with E-state index in [2.05, 4.69) is 37.2 Å². The van der Waals surface area contributed by atoms with Gasteiger partial charge in [-0.3, -0.25) is 0 Å². The molecule has 0 amide bonds. The first-order valence-corrected chi connectivity index (χ1v) is 12.1. The van der Waals surface area contributed by atoms with Crippen LogP contribution in [0.1, 0.15) is 57.1 Å². The fraction of sp³-hybridized carbons (Fsp3) is 0.407. The lowest BCUT2D eigenvalue weighted by Gasteiger charge is -2.16. The Morgan fingerprint density at radius 2 is 2.00 bits per heavy atom. The topological polar surface area (TPSA) is 65.4 Å². The van der Waals surface area contributed by atoms with Crippen molar-refractivity contribution in [2.45, 2.75) is 57.2 Å². The summed E-state index contributed by atoms with van der Waals surface area (Å²) in [6.07, 6.45) is 9.00. The highest BCUT2D eigenvalue weighted by Crippen LogP contribution is 2.48. The lowest BCUT2D eigenvalue weighted by molar-refractivity contribution is 0.510. The molecule has 1 aliphatic rings. The smallest absolute Gasteiger partial charge is 0.120 e. The van der Waals surface area contributed by atoms with Crippen LogP contribution in [0.25, 0.3) is 5.57 Å². The van der Waals surface area contributed by atoms with Gasteiger partial charge in [0, 0.05) is 42.1 Å². The molecule has 1 heterocycles. The summed E-state index contributed by atoms with van der Waals surface area (Å²) in [6, 6.07) is 10.3. The van der Waals surface area contributed by atoms with Crippen LogP contribution in [0.2, 0.25) is 0 Å². The number of hydrogen-bond acceptors (Lipinski definition) is 5. The minimum Gasteiger partial charge on any atom is -0.363 e. The van der Waals surface area contributed by atoms with E-state index < -0.39 is 0 Å². The molecule has 1 aromatic rings. The summed E-state index contributed by atoms with van der Waals surface area (Å²) in [5.74, 6) is 0.707. The lowest BCUT2D eigenvalue weighted by Crippen LogP contribution is -2.20. The van der Waals surface area contributed by atoms with Crippen molar-refractivity contribution in [3.8, 4) is 6.07 Å². The lowest BCUT2D eigenvalue weighted by atomic mass is 9.94. The molecule has 0 bridgehead atoms. The Bertz CT molecular complexity index is 945. The van der Waals surface area contributed by atoms with Crippen molar-refractivity contribution in [2.24, 2.45) is 10.7 Å². The van der Waals surface area contributed by atoms with E-state index in [1.54, 1.807) is 0 Å². The summed E-state index contributed by atoms with van der Waals surface area (Å²) < 4.78 is 0. The highest BCUT2D eigenvalue weighted by atomic mass is 32.2. The van der Waals surface area contributed by atoms with Crippen molar-refractivity contribution >= 4 is 23.5 Å². The SMILES string of the molecule is C=C(CCC(N)CCC)C1CC(c2ccc(C#N)cc2)=C(C(/C=N\C(=C)N(C)C)=C/C)S1. The molecule has 0 radical (unpaired) electrons. The highest BCUT2D eigenvalue weighted by molar-refractivity contribution is 8.04. The van der Waals surface area contributed by atoms with Gasteiger partial charge < -0.3 is 10.6 Å². The summed E-state index contributed by atoms with van der Waals surface area (Å²) in [5, 5.41) is 9.48. The van der Waals surface area contributed by atoms with Crippen molar-refractivity contribution in [1.82, 2.24) is 4.90 Å². The Morgan fingerprint density at radius 3 is 2.56 bits per heavy atom. The van der Waals surface area contributed by atoms with Crippen LogP contribution >= 0.6 is 11.8 Å². The molecule has 32 heavy (non-hydrogen) atoms. The van der Waals surface area contributed by atoms with Gasteiger partial charge in [0.25, 0.3) is 0 Å². The molecule has 5 heteroatoms. The molecule has 2 rings (SSSR count). The first-order valence-electron chi connectivity index (χ1n) is 11.2. The van der Waals surface area contributed by atoms with E-state index in [-0.39, 0.29) is 6.04 Å². The minimum atomic E-state index is 0.240. The number of nitrogens with two attached hydrogens (primary N) is 1. The van der Waals surface area contributed by atoms with Gasteiger partial charge in [-0.2, -0.15) is 5.26 Å². The van der Waals surface area contributed by atoms with E-state index in [0.717, 1.165) is 43.2 Å². The second-order valence-corrected chi connectivity index (χ2v) is 9.58. The Kier molecular flexibility index (Phi) is 10.0. The van der Waals surface area contributed by atoms with Crippen LogP contribution in [-0.4, -0.2) is 36.5 Å². The van der Waals surface area contributed by atoms with Gasteiger partial charge in [-0.15, -0.1) is 11.8 Å². The normalized spacial score (nSPS) is 17.5. The number of thioether (sulfide) groups is 1. The van der Waals surface area contributed by atoms with E-state index in [1.165, 1.54) is 16.1 Å².